The minimum atomic E-state index is -3.56. The van der Waals surface area contributed by atoms with E-state index in [1.807, 2.05) is 0 Å². The zero-order valence-corrected chi connectivity index (χ0v) is 15.6. The maximum absolute atomic E-state index is 13.1. The fourth-order valence-electron chi connectivity index (χ4n) is 3.91. The Morgan fingerprint density at radius 1 is 1.17 bits per heavy atom. The molecule has 2 fully saturated rings. The second kappa shape index (κ2) is 7.02. The second-order valence-corrected chi connectivity index (χ2v) is 10.2. The highest BCUT2D eigenvalue weighted by molar-refractivity contribution is 7.93. The largest absolute Gasteiger partial charge is 0.481 e. The lowest BCUT2D eigenvalue weighted by molar-refractivity contribution is -0.147. The summed E-state index contributed by atoms with van der Waals surface area (Å²) in [4.78, 5) is 25.8. The fraction of sp³-hybridized carbons (Fsp3) is 0.882. The van der Waals surface area contributed by atoms with E-state index in [1.165, 1.54) is 4.90 Å². The molecule has 2 aliphatic rings. The highest BCUT2D eigenvalue weighted by Crippen LogP contribution is 2.34. The Morgan fingerprint density at radius 3 is 2.21 bits per heavy atom. The molecule has 0 bridgehead atoms. The molecule has 1 heterocycles. The van der Waals surface area contributed by atoms with Gasteiger partial charge in [-0.3, -0.25) is 9.59 Å². The fourth-order valence-corrected chi connectivity index (χ4v) is 6.50. The number of hydrogen-bond acceptors (Lipinski definition) is 4. The van der Waals surface area contributed by atoms with Crippen LogP contribution in [0.1, 0.15) is 59.3 Å². The van der Waals surface area contributed by atoms with Gasteiger partial charge >= 0.3 is 5.97 Å². The SMILES string of the molecule is CC(C)[C@H](C(=O)N1CC[C@](C)(C(=O)O)C1)S(=O)(=O)C1CCCCC1. The maximum atomic E-state index is 13.1. The average molecular weight is 359 g/mol. The number of rotatable bonds is 5. The molecule has 1 aliphatic carbocycles. The molecule has 138 valence electrons. The van der Waals surface area contributed by atoms with Crippen molar-refractivity contribution in [2.24, 2.45) is 11.3 Å². The molecule has 7 heteroatoms. The lowest BCUT2D eigenvalue weighted by Gasteiger charge is -2.31. The quantitative estimate of drug-likeness (QED) is 0.811. The van der Waals surface area contributed by atoms with Crippen LogP contribution in [0.3, 0.4) is 0 Å². The van der Waals surface area contributed by atoms with Crippen LogP contribution in [-0.2, 0) is 19.4 Å². The van der Waals surface area contributed by atoms with Crippen LogP contribution < -0.4 is 0 Å². The molecule has 0 aromatic heterocycles. The van der Waals surface area contributed by atoms with Crippen LogP contribution in [0.25, 0.3) is 0 Å². The summed E-state index contributed by atoms with van der Waals surface area (Å²) in [5.74, 6) is -1.67. The van der Waals surface area contributed by atoms with Gasteiger partial charge in [0.2, 0.25) is 5.91 Å². The molecule has 1 saturated carbocycles. The third-order valence-corrected chi connectivity index (χ3v) is 8.38. The molecule has 0 spiro atoms. The van der Waals surface area contributed by atoms with Crippen LogP contribution in [-0.4, -0.2) is 53.9 Å². The van der Waals surface area contributed by atoms with Gasteiger partial charge in [-0.15, -0.1) is 0 Å². The van der Waals surface area contributed by atoms with Gasteiger partial charge in [0.05, 0.1) is 10.7 Å². The number of likely N-dealkylation sites (tertiary alicyclic amines) is 1. The molecule has 6 nitrogen and oxygen atoms in total. The van der Waals surface area contributed by atoms with Crippen molar-refractivity contribution in [2.45, 2.75) is 69.8 Å². The Labute approximate surface area is 144 Å². The molecule has 1 aliphatic heterocycles. The van der Waals surface area contributed by atoms with E-state index in [-0.39, 0.29) is 12.5 Å². The number of aliphatic carboxylic acids is 1. The molecule has 0 radical (unpaired) electrons. The van der Waals surface area contributed by atoms with Crippen LogP contribution in [0.4, 0.5) is 0 Å². The van der Waals surface area contributed by atoms with Crippen LogP contribution in [0.15, 0.2) is 0 Å². The zero-order valence-electron chi connectivity index (χ0n) is 14.8. The van der Waals surface area contributed by atoms with Gasteiger partial charge in [-0.25, -0.2) is 8.42 Å². The third-order valence-electron chi connectivity index (χ3n) is 5.52. The topological polar surface area (TPSA) is 91.8 Å². The predicted octanol–water partition coefficient (Wildman–Crippen LogP) is 2.08. The Balaban J connectivity index is 2.21. The lowest BCUT2D eigenvalue weighted by atomic mass is 9.90. The number of carbonyl (C=O) groups excluding carboxylic acids is 1. The summed E-state index contributed by atoms with van der Waals surface area (Å²) in [6.07, 6.45) is 4.46. The van der Waals surface area contributed by atoms with Gasteiger partial charge < -0.3 is 10.0 Å². The molecular formula is C17H29NO5S. The zero-order chi connectivity index (χ0) is 18.1. The van der Waals surface area contributed by atoms with E-state index in [1.54, 1.807) is 20.8 Å². The van der Waals surface area contributed by atoms with Gasteiger partial charge in [-0.2, -0.15) is 0 Å². The summed E-state index contributed by atoms with van der Waals surface area (Å²) in [5.41, 5.74) is -0.980. The molecule has 0 unspecified atom stereocenters. The van der Waals surface area contributed by atoms with E-state index in [9.17, 15) is 23.1 Å². The van der Waals surface area contributed by atoms with Crippen LogP contribution in [0.2, 0.25) is 0 Å². The Kier molecular flexibility index (Phi) is 5.62. The monoisotopic (exact) mass is 359 g/mol. The molecule has 1 saturated heterocycles. The van der Waals surface area contributed by atoms with Crippen LogP contribution in [0.5, 0.6) is 0 Å². The highest BCUT2D eigenvalue weighted by atomic mass is 32.2. The number of amides is 1. The first-order valence-electron chi connectivity index (χ1n) is 8.84. The number of carbonyl (C=O) groups is 2. The molecule has 2 atom stereocenters. The van der Waals surface area contributed by atoms with Gasteiger partial charge in [0.1, 0.15) is 5.25 Å². The summed E-state index contributed by atoms with van der Waals surface area (Å²) in [5, 5.41) is 7.83. The second-order valence-electron chi connectivity index (χ2n) is 7.89. The van der Waals surface area contributed by atoms with Gasteiger partial charge in [0, 0.05) is 13.1 Å². The molecule has 24 heavy (non-hydrogen) atoms. The molecule has 0 aromatic rings. The standard InChI is InChI=1S/C17H29NO5S/c1-12(2)14(24(22,23)13-7-5-4-6-8-13)15(19)18-10-9-17(3,11-18)16(20)21/h12-14H,4-11H2,1-3H3,(H,20,21)/t14-,17+/m1/s1. The lowest BCUT2D eigenvalue weighted by Crippen LogP contribution is -2.49. The third kappa shape index (κ3) is 3.60. The highest BCUT2D eigenvalue weighted by Gasteiger charge is 2.48. The van der Waals surface area contributed by atoms with Crippen LogP contribution >= 0.6 is 0 Å². The maximum Gasteiger partial charge on any atom is 0.311 e. The van der Waals surface area contributed by atoms with E-state index in [4.69, 9.17) is 0 Å². The first-order valence-corrected chi connectivity index (χ1v) is 10.5. The first-order chi connectivity index (χ1) is 11.1. The van der Waals surface area contributed by atoms with Gasteiger partial charge in [-0.05, 0) is 32.1 Å². The van der Waals surface area contributed by atoms with E-state index in [0.717, 1.165) is 19.3 Å². The van der Waals surface area contributed by atoms with Crippen molar-refractivity contribution >= 4 is 21.7 Å². The summed E-state index contributed by atoms with van der Waals surface area (Å²) < 4.78 is 26.1. The Hall–Kier alpha value is -1.11. The average Bonchev–Trinajstić information content (AvgIpc) is 2.91. The smallest absolute Gasteiger partial charge is 0.311 e. The number of nitrogens with zero attached hydrogens (tertiary/aromatic N) is 1. The van der Waals surface area contributed by atoms with E-state index in [2.05, 4.69) is 0 Å². The van der Waals surface area contributed by atoms with Crippen LogP contribution in [0, 0.1) is 11.3 Å². The van der Waals surface area contributed by atoms with Gasteiger partial charge in [0.15, 0.2) is 9.84 Å². The molecule has 2 rings (SSSR count). The van der Waals surface area contributed by atoms with Crippen molar-refractivity contribution in [3.63, 3.8) is 0 Å². The molecule has 1 amide bonds. The van der Waals surface area contributed by atoms with Gasteiger partial charge in [0.25, 0.3) is 0 Å². The number of sulfone groups is 1. The minimum absolute atomic E-state index is 0.0879. The predicted molar refractivity (Wildman–Crippen MR) is 91.4 cm³/mol. The van der Waals surface area contributed by atoms with Crippen molar-refractivity contribution < 1.29 is 23.1 Å². The van der Waals surface area contributed by atoms with Crippen molar-refractivity contribution in [1.82, 2.24) is 4.90 Å². The van der Waals surface area contributed by atoms with Crippen molar-refractivity contribution in [3.05, 3.63) is 0 Å². The first kappa shape index (κ1) is 19.2. The Bertz CT molecular complexity index is 594. The van der Waals surface area contributed by atoms with E-state index >= 15 is 0 Å². The molecule has 1 N–H and O–H groups in total. The van der Waals surface area contributed by atoms with E-state index in [0.29, 0.717) is 25.8 Å². The van der Waals surface area contributed by atoms with E-state index < -0.39 is 37.6 Å². The van der Waals surface area contributed by atoms with Gasteiger partial charge in [-0.1, -0.05) is 33.1 Å². The minimum Gasteiger partial charge on any atom is -0.481 e. The van der Waals surface area contributed by atoms with Crippen molar-refractivity contribution in [3.8, 4) is 0 Å². The normalized spacial score (nSPS) is 27.4. The van der Waals surface area contributed by atoms with Crippen molar-refractivity contribution in [2.75, 3.05) is 13.1 Å². The number of carboxylic acid groups (broad SMARTS) is 1. The Morgan fingerprint density at radius 2 is 1.75 bits per heavy atom. The summed E-state index contributed by atoms with van der Waals surface area (Å²) >= 11 is 0. The summed E-state index contributed by atoms with van der Waals surface area (Å²) in [7, 11) is -3.56. The van der Waals surface area contributed by atoms with Crippen molar-refractivity contribution in [1.29, 1.82) is 0 Å². The number of carboxylic acids is 1. The summed E-state index contributed by atoms with van der Waals surface area (Å²) in [6.45, 7) is 5.53. The summed E-state index contributed by atoms with van der Waals surface area (Å²) in [6, 6.07) is 0. The molecule has 0 aromatic carbocycles. The number of hydrogen-bond donors (Lipinski definition) is 1. The molecular weight excluding hydrogens is 330 g/mol.